The first-order valence-corrected chi connectivity index (χ1v) is 3.17. The van der Waals surface area contributed by atoms with Crippen molar-refractivity contribution in [1.29, 1.82) is 0 Å². The van der Waals surface area contributed by atoms with Crippen LogP contribution in [0.2, 0.25) is 0 Å². The molecule has 0 atom stereocenters. The standard InChI is InChI=1S/C7H9NO2.Li.H/c1-2-7(9)10-8-5-3-4-6-8;;/h3-6H,2H2,1H3;;. The molecule has 0 aliphatic heterocycles. The van der Waals surface area contributed by atoms with Gasteiger partial charge in [0.2, 0.25) is 0 Å². The summed E-state index contributed by atoms with van der Waals surface area (Å²) in [5, 5.41) is 0. The average Bonchev–Trinajstić information content (AvgIpc) is 2.40. The zero-order valence-corrected chi connectivity index (χ0v) is 5.78. The van der Waals surface area contributed by atoms with E-state index >= 15 is 0 Å². The van der Waals surface area contributed by atoms with Gasteiger partial charge in [-0.3, -0.25) is 0 Å². The van der Waals surface area contributed by atoms with Crippen molar-refractivity contribution in [2.24, 2.45) is 0 Å². The Kier molecular flexibility index (Phi) is 4.76. The van der Waals surface area contributed by atoms with E-state index in [2.05, 4.69) is 0 Å². The Labute approximate surface area is 77.5 Å². The van der Waals surface area contributed by atoms with Crippen molar-refractivity contribution < 1.29 is 9.63 Å². The van der Waals surface area contributed by atoms with Gasteiger partial charge >= 0.3 is 24.8 Å². The van der Waals surface area contributed by atoms with Crippen LogP contribution in [-0.2, 0) is 4.79 Å². The van der Waals surface area contributed by atoms with E-state index in [1.165, 1.54) is 4.73 Å². The van der Waals surface area contributed by atoms with E-state index in [0.29, 0.717) is 6.42 Å². The van der Waals surface area contributed by atoms with Gasteiger partial charge in [-0.15, -0.1) is 0 Å². The van der Waals surface area contributed by atoms with Gasteiger partial charge in [0.1, 0.15) is 0 Å². The minimum absolute atomic E-state index is 0. The van der Waals surface area contributed by atoms with Crippen molar-refractivity contribution in [3.63, 3.8) is 0 Å². The quantitative estimate of drug-likeness (QED) is 0.560. The molecule has 0 saturated carbocycles. The van der Waals surface area contributed by atoms with Gasteiger partial charge < -0.3 is 4.84 Å². The molecule has 0 N–H and O–H groups in total. The Morgan fingerprint density at radius 3 is 2.45 bits per heavy atom. The summed E-state index contributed by atoms with van der Waals surface area (Å²) in [6.07, 6.45) is 3.75. The fraction of sp³-hybridized carbons (Fsp3) is 0.286. The van der Waals surface area contributed by atoms with E-state index in [9.17, 15) is 4.79 Å². The Bertz CT molecular complexity index is 208. The van der Waals surface area contributed by atoms with Crippen LogP contribution in [0, 0.1) is 0 Å². The van der Waals surface area contributed by atoms with Crippen LogP contribution < -0.4 is 4.84 Å². The van der Waals surface area contributed by atoms with Crippen molar-refractivity contribution >= 4 is 24.8 Å². The monoisotopic (exact) mass is 147 g/mol. The summed E-state index contributed by atoms with van der Waals surface area (Å²) >= 11 is 0. The number of carbonyl (C=O) groups excluding carboxylic acids is 1. The molecule has 1 aromatic heterocycles. The van der Waals surface area contributed by atoms with Gasteiger partial charge in [-0.25, -0.2) is 4.79 Å². The second kappa shape index (κ2) is 5.06. The van der Waals surface area contributed by atoms with Crippen LogP contribution in [0.15, 0.2) is 24.5 Å². The molecular formula is C7H10LiNO2. The predicted molar refractivity (Wildman–Crippen MR) is 43.5 cm³/mol. The molecule has 0 radical (unpaired) electrons. The molecule has 0 fully saturated rings. The summed E-state index contributed by atoms with van der Waals surface area (Å²) < 4.78 is 1.38. The average molecular weight is 147 g/mol. The molecule has 3 nitrogen and oxygen atoms in total. The van der Waals surface area contributed by atoms with Crippen molar-refractivity contribution in [3.05, 3.63) is 24.5 Å². The number of hydrogen-bond donors (Lipinski definition) is 0. The third-order valence-corrected chi connectivity index (χ3v) is 1.07. The van der Waals surface area contributed by atoms with Gasteiger partial charge in [0.15, 0.2) is 0 Å². The number of carbonyl (C=O) groups is 1. The molecular weight excluding hydrogens is 137 g/mol. The Morgan fingerprint density at radius 1 is 1.45 bits per heavy atom. The van der Waals surface area contributed by atoms with Crippen LogP contribution in [0.4, 0.5) is 0 Å². The second-order valence-electron chi connectivity index (χ2n) is 1.86. The number of hydrogen-bond acceptors (Lipinski definition) is 2. The first-order chi connectivity index (χ1) is 4.83. The van der Waals surface area contributed by atoms with Gasteiger partial charge in [-0.05, 0) is 12.1 Å². The number of nitrogens with zero attached hydrogens (tertiary/aromatic N) is 1. The van der Waals surface area contributed by atoms with Crippen LogP contribution in [0.25, 0.3) is 0 Å². The Hall–Kier alpha value is -0.653. The van der Waals surface area contributed by atoms with E-state index in [1.807, 2.05) is 0 Å². The number of rotatable bonds is 2. The van der Waals surface area contributed by atoms with Gasteiger partial charge in [0, 0.05) is 18.8 Å². The maximum atomic E-state index is 10.6. The third-order valence-electron chi connectivity index (χ3n) is 1.07. The van der Waals surface area contributed by atoms with Crippen LogP contribution in [0.5, 0.6) is 0 Å². The normalized spacial score (nSPS) is 8.45. The zero-order chi connectivity index (χ0) is 7.40. The van der Waals surface area contributed by atoms with Crippen molar-refractivity contribution in [3.8, 4) is 0 Å². The summed E-state index contributed by atoms with van der Waals surface area (Å²) in [5.74, 6) is -0.226. The molecule has 56 valence electrons. The van der Waals surface area contributed by atoms with Crippen LogP contribution in [0.3, 0.4) is 0 Å². The molecule has 0 aliphatic rings. The summed E-state index contributed by atoms with van der Waals surface area (Å²) in [4.78, 5) is 15.4. The van der Waals surface area contributed by atoms with Gasteiger partial charge in [0.25, 0.3) is 0 Å². The van der Waals surface area contributed by atoms with E-state index in [1.54, 1.807) is 31.5 Å². The molecule has 0 bridgehead atoms. The summed E-state index contributed by atoms with van der Waals surface area (Å²) in [5.41, 5.74) is 0. The fourth-order valence-electron chi connectivity index (χ4n) is 0.562. The molecule has 0 aliphatic carbocycles. The maximum absolute atomic E-state index is 10.6. The van der Waals surface area contributed by atoms with Gasteiger partial charge in [0.05, 0.1) is 0 Å². The van der Waals surface area contributed by atoms with E-state index in [-0.39, 0.29) is 24.8 Å². The van der Waals surface area contributed by atoms with Gasteiger partial charge in [-0.2, -0.15) is 4.73 Å². The number of aromatic nitrogens is 1. The first kappa shape index (κ1) is 10.3. The Balaban J connectivity index is 0.000001000. The van der Waals surface area contributed by atoms with E-state index in [4.69, 9.17) is 4.84 Å². The molecule has 11 heavy (non-hydrogen) atoms. The van der Waals surface area contributed by atoms with Crippen LogP contribution in [-0.4, -0.2) is 29.6 Å². The molecule has 1 aromatic rings. The molecule has 0 saturated heterocycles. The van der Waals surface area contributed by atoms with Crippen LogP contribution in [0.1, 0.15) is 13.3 Å². The van der Waals surface area contributed by atoms with E-state index < -0.39 is 0 Å². The first-order valence-electron chi connectivity index (χ1n) is 3.17. The van der Waals surface area contributed by atoms with Crippen molar-refractivity contribution in [2.75, 3.05) is 0 Å². The molecule has 0 unspecified atom stereocenters. The second-order valence-corrected chi connectivity index (χ2v) is 1.86. The fourth-order valence-corrected chi connectivity index (χ4v) is 0.562. The zero-order valence-electron chi connectivity index (χ0n) is 5.78. The van der Waals surface area contributed by atoms with E-state index in [0.717, 1.165) is 0 Å². The van der Waals surface area contributed by atoms with Crippen molar-refractivity contribution in [2.45, 2.75) is 13.3 Å². The summed E-state index contributed by atoms with van der Waals surface area (Å²) in [6, 6.07) is 3.59. The van der Waals surface area contributed by atoms with Gasteiger partial charge in [-0.1, -0.05) is 6.92 Å². The molecule has 4 heteroatoms. The minimum atomic E-state index is -0.226. The molecule has 0 aromatic carbocycles. The third kappa shape index (κ3) is 3.31. The topological polar surface area (TPSA) is 31.2 Å². The molecule has 0 amide bonds. The summed E-state index contributed by atoms with van der Waals surface area (Å²) in [6.45, 7) is 1.76. The molecule has 1 rings (SSSR count). The predicted octanol–water partition coefficient (Wildman–Crippen LogP) is 0.205. The molecule has 0 spiro atoms. The summed E-state index contributed by atoms with van der Waals surface area (Å²) in [7, 11) is 0. The van der Waals surface area contributed by atoms with Crippen molar-refractivity contribution in [1.82, 2.24) is 4.73 Å². The molecule has 1 heterocycles. The van der Waals surface area contributed by atoms with Crippen LogP contribution >= 0.6 is 0 Å². The Morgan fingerprint density at radius 2 is 2.00 bits per heavy atom. The SMILES string of the molecule is CCC(=O)On1cccc1.[LiH].